The van der Waals surface area contributed by atoms with Crippen LogP contribution in [-0.2, 0) is 37.0 Å². The Kier molecular flexibility index (Phi) is 9.21. The first-order valence-electron chi connectivity index (χ1n) is 12.2. The van der Waals surface area contributed by atoms with Gasteiger partial charge in [0.2, 0.25) is 5.82 Å². The Morgan fingerprint density at radius 3 is 2.59 bits per heavy atom. The molecule has 39 heavy (non-hydrogen) atoms. The zero-order valence-electron chi connectivity index (χ0n) is 20.8. The van der Waals surface area contributed by atoms with Gasteiger partial charge in [-0.25, -0.2) is 4.72 Å². The highest BCUT2D eigenvalue weighted by atomic mass is 32.2. The Bertz CT molecular complexity index is 1340. The molecule has 0 aliphatic carbocycles. The maximum absolute atomic E-state index is 12.2. The van der Waals surface area contributed by atoms with Crippen LogP contribution in [0, 0.1) is 5.92 Å². The van der Waals surface area contributed by atoms with Crippen molar-refractivity contribution in [3.05, 3.63) is 60.2 Å². The van der Waals surface area contributed by atoms with Crippen LogP contribution >= 0.6 is 0 Å². The predicted octanol–water partition coefficient (Wildman–Crippen LogP) is -0.880. The first kappa shape index (κ1) is 28.5. The zero-order valence-corrected chi connectivity index (χ0v) is 21.6. The molecule has 3 aromatic rings. The van der Waals surface area contributed by atoms with E-state index in [0.717, 1.165) is 5.56 Å². The number of ether oxygens (including phenoxy) is 1. The van der Waals surface area contributed by atoms with E-state index >= 15 is 0 Å². The molecule has 1 aliphatic heterocycles. The van der Waals surface area contributed by atoms with Gasteiger partial charge in [-0.1, -0.05) is 42.5 Å². The van der Waals surface area contributed by atoms with Crippen molar-refractivity contribution in [3.8, 4) is 17.1 Å². The Morgan fingerprint density at radius 1 is 1.15 bits per heavy atom. The summed E-state index contributed by atoms with van der Waals surface area (Å²) in [6.45, 7) is -0.300. The predicted molar refractivity (Wildman–Crippen MR) is 136 cm³/mol. The van der Waals surface area contributed by atoms with Crippen molar-refractivity contribution >= 4 is 16.2 Å². The summed E-state index contributed by atoms with van der Waals surface area (Å²) in [5.74, 6) is -0.967. The van der Waals surface area contributed by atoms with Gasteiger partial charge in [0.1, 0.15) is 18.0 Å². The van der Waals surface area contributed by atoms with Gasteiger partial charge in [0, 0.05) is 11.5 Å². The van der Waals surface area contributed by atoms with Crippen molar-refractivity contribution in [2.24, 2.45) is 11.7 Å². The number of nitrogens with one attached hydrogen (secondary N) is 1. The summed E-state index contributed by atoms with van der Waals surface area (Å²) in [6.07, 6.45) is -3.42. The van der Waals surface area contributed by atoms with E-state index in [1.807, 2.05) is 30.3 Å². The first-order valence-corrected chi connectivity index (χ1v) is 13.6. The summed E-state index contributed by atoms with van der Waals surface area (Å²) in [4.78, 5) is 13.6. The summed E-state index contributed by atoms with van der Waals surface area (Å²) in [5, 5.41) is 42.7. The molecule has 5 atom stereocenters. The zero-order chi connectivity index (χ0) is 28.0. The van der Waals surface area contributed by atoms with E-state index in [4.69, 9.17) is 14.7 Å². The van der Waals surface area contributed by atoms with Crippen LogP contribution in [0.4, 0.5) is 0 Å². The number of aromatic hydroxyl groups is 1. The van der Waals surface area contributed by atoms with Gasteiger partial charge >= 0.3 is 10.3 Å². The maximum atomic E-state index is 12.2. The van der Waals surface area contributed by atoms with Gasteiger partial charge in [-0.3, -0.25) is 8.98 Å². The second kappa shape index (κ2) is 12.6. The Morgan fingerprint density at radius 2 is 1.87 bits per heavy atom. The molecule has 15 heteroatoms. The van der Waals surface area contributed by atoms with Gasteiger partial charge in [0.25, 0.3) is 5.91 Å². The number of phenolic OH excluding ortho intramolecular Hbond substituents is 1. The molecule has 1 fully saturated rings. The molecule has 2 heterocycles. The smallest absolute Gasteiger partial charge is 0.362 e. The van der Waals surface area contributed by atoms with Gasteiger partial charge < -0.3 is 25.8 Å². The Balaban J connectivity index is 1.22. The molecule has 0 unspecified atom stereocenters. The summed E-state index contributed by atoms with van der Waals surface area (Å²) in [6, 6.07) is 14.1. The van der Waals surface area contributed by atoms with Crippen LogP contribution in [0.2, 0.25) is 0 Å². The molecule has 1 amide bonds. The van der Waals surface area contributed by atoms with Crippen molar-refractivity contribution in [1.82, 2.24) is 24.9 Å². The Hall–Kier alpha value is -3.47. The van der Waals surface area contributed by atoms with Crippen LogP contribution in [0.15, 0.2) is 54.6 Å². The molecule has 1 aromatic heterocycles. The van der Waals surface area contributed by atoms with Crippen molar-refractivity contribution in [3.63, 3.8) is 0 Å². The fourth-order valence-electron chi connectivity index (χ4n) is 4.03. The van der Waals surface area contributed by atoms with Crippen LogP contribution in [0.25, 0.3) is 11.4 Å². The van der Waals surface area contributed by atoms with Crippen LogP contribution in [0.5, 0.6) is 5.75 Å². The molecule has 1 aliphatic rings. The van der Waals surface area contributed by atoms with Gasteiger partial charge in [-0.05, 0) is 35.8 Å². The largest absolute Gasteiger partial charge is 0.508 e. The second-order valence-electron chi connectivity index (χ2n) is 9.16. The van der Waals surface area contributed by atoms with Crippen molar-refractivity contribution in [2.75, 3.05) is 13.2 Å². The number of tetrazole rings is 1. The number of hydrogen-bond donors (Lipinski definition) is 5. The van der Waals surface area contributed by atoms with E-state index in [1.54, 1.807) is 16.9 Å². The fourth-order valence-corrected chi connectivity index (χ4v) is 4.80. The van der Waals surface area contributed by atoms with E-state index in [1.165, 1.54) is 16.9 Å². The summed E-state index contributed by atoms with van der Waals surface area (Å²) in [5.41, 5.74) is 7.21. The Labute approximate surface area is 224 Å². The first-order chi connectivity index (χ1) is 18.6. The number of benzene rings is 2. The molecule has 0 radical (unpaired) electrons. The molecule has 210 valence electrons. The van der Waals surface area contributed by atoms with Gasteiger partial charge in [-0.2, -0.15) is 13.2 Å². The second-order valence-corrected chi connectivity index (χ2v) is 10.5. The lowest BCUT2D eigenvalue weighted by molar-refractivity contribution is -0.173. The normalized spacial score (nSPS) is 22.3. The highest BCUT2D eigenvalue weighted by Gasteiger charge is 2.39. The number of nitrogens with two attached hydrogens (primary N) is 1. The molecule has 0 saturated carbocycles. The van der Waals surface area contributed by atoms with Gasteiger partial charge in [0.05, 0.1) is 31.9 Å². The molecule has 4 rings (SSSR count). The van der Waals surface area contributed by atoms with Crippen LogP contribution in [0.1, 0.15) is 12.0 Å². The van der Waals surface area contributed by atoms with Gasteiger partial charge in [-0.15, -0.1) is 10.2 Å². The van der Waals surface area contributed by atoms with E-state index in [9.17, 15) is 28.5 Å². The van der Waals surface area contributed by atoms with Gasteiger partial charge in [0.15, 0.2) is 0 Å². The highest BCUT2D eigenvalue weighted by Crippen LogP contribution is 2.24. The number of hydrogen-bond acceptors (Lipinski definition) is 12. The van der Waals surface area contributed by atoms with E-state index in [-0.39, 0.29) is 18.8 Å². The van der Waals surface area contributed by atoms with Crippen molar-refractivity contribution in [2.45, 2.75) is 43.7 Å². The van der Waals surface area contributed by atoms with E-state index in [2.05, 4.69) is 15.4 Å². The number of rotatable bonds is 11. The number of amides is 1. The third-order valence-corrected chi connectivity index (χ3v) is 7.16. The lowest BCUT2D eigenvalue weighted by Gasteiger charge is -2.37. The minimum atomic E-state index is -4.56. The number of aromatic nitrogens is 4. The van der Waals surface area contributed by atoms with Crippen LogP contribution < -0.4 is 10.5 Å². The highest BCUT2D eigenvalue weighted by molar-refractivity contribution is 7.85. The minimum absolute atomic E-state index is 0.0242. The van der Waals surface area contributed by atoms with E-state index < -0.39 is 53.1 Å². The SMILES string of the molecule is N[C@@H](Cc1ccc(O)cc1)C(=O)NS(=O)(=O)OC[C@H]1OC[C@@H](CCn2nnc(-c3ccccc3)n2)[C@H](O)[C@@H]1O. The third kappa shape index (κ3) is 7.78. The van der Waals surface area contributed by atoms with Crippen molar-refractivity contribution < 1.29 is 37.5 Å². The molecular formula is C24H30N6O8S. The molecule has 2 aromatic carbocycles. The average molecular weight is 563 g/mol. The molecule has 6 N–H and O–H groups in total. The van der Waals surface area contributed by atoms with Crippen molar-refractivity contribution in [1.29, 1.82) is 0 Å². The van der Waals surface area contributed by atoms with Crippen LogP contribution in [-0.4, -0.2) is 87.4 Å². The fraction of sp³-hybridized carbons (Fsp3) is 0.417. The number of phenols is 1. The maximum Gasteiger partial charge on any atom is 0.362 e. The molecule has 14 nitrogen and oxygen atoms in total. The van der Waals surface area contributed by atoms with E-state index in [0.29, 0.717) is 24.4 Å². The third-order valence-electron chi connectivity index (χ3n) is 6.26. The number of aliphatic hydroxyl groups is 2. The lowest BCUT2D eigenvalue weighted by atomic mass is 9.90. The molecule has 1 saturated heterocycles. The average Bonchev–Trinajstić information content (AvgIpc) is 3.39. The summed E-state index contributed by atoms with van der Waals surface area (Å²) < 4.78 is 36.6. The quantitative estimate of drug-likeness (QED) is 0.193. The topological polar surface area (TPSA) is 212 Å². The lowest BCUT2D eigenvalue weighted by Crippen LogP contribution is -2.52. The molecule has 0 spiro atoms. The number of carbonyl (C=O) groups excluding carboxylic acids is 1. The monoisotopic (exact) mass is 562 g/mol. The minimum Gasteiger partial charge on any atom is -0.508 e. The summed E-state index contributed by atoms with van der Waals surface area (Å²) in [7, 11) is -4.56. The number of aryl methyl sites for hydroxylation is 1. The number of aliphatic hydroxyl groups excluding tert-OH is 2. The summed E-state index contributed by atoms with van der Waals surface area (Å²) >= 11 is 0. The number of nitrogens with zero attached hydrogens (tertiary/aromatic N) is 4. The number of carbonyl (C=O) groups is 1. The molecule has 0 bridgehead atoms. The standard InChI is InChI=1S/C24H30N6O8S/c25-19(12-15-6-8-18(31)9-7-15)24(34)28-39(35,36)38-14-20-22(33)21(32)17(13-37-20)10-11-30-27-23(26-29-30)16-4-2-1-3-5-16/h1-9,17,19-22,31-33H,10-14,25H2,(H,28,34)/t17-,19+,20-,21+,22-/m1/s1. The molecular weight excluding hydrogens is 532 g/mol. The van der Waals surface area contributed by atoms with Crippen LogP contribution in [0.3, 0.4) is 0 Å².